The minimum absolute atomic E-state index is 1.02. The second kappa shape index (κ2) is 7.48. The number of halogens is 2. The van der Waals surface area contributed by atoms with Crippen LogP contribution in [0.3, 0.4) is 0 Å². The van der Waals surface area contributed by atoms with Crippen molar-refractivity contribution < 1.29 is 20.6 Å². The molecular weight excluding hydrogens is 536 g/mol. The van der Waals surface area contributed by atoms with Gasteiger partial charge in [0.15, 0.2) is 0 Å². The van der Waals surface area contributed by atoms with Gasteiger partial charge in [-0.1, -0.05) is 60.9 Å². The molecule has 12 heteroatoms. The predicted octanol–water partition coefficient (Wildman–Crippen LogP) is 4.39. The summed E-state index contributed by atoms with van der Waals surface area (Å²) in [5.74, 6) is 0. The van der Waals surface area contributed by atoms with Crippen molar-refractivity contribution in [2.24, 2.45) is 0 Å². The summed E-state index contributed by atoms with van der Waals surface area (Å²) in [7, 11) is -12.9. The molecule has 0 N–H and O–H groups in total. The molecule has 0 bridgehead atoms. The van der Waals surface area contributed by atoms with Gasteiger partial charge in [-0.2, -0.15) is 0 Å². The summed E-state index contributed by atoms with van der Waals surface area (Å²) in [6.45, 7) is 14.2. The lowest BCUT2D eigenvalue weighted by Gasteiger charge is -2.45. The maximum Gasteiger partial charge on any atom is 0.431 e. The topological polar surface area (TPSA) is 46.2 Å². The summed E-state index contributed by atoms with van der Waals surface area (Å²) < 4.78 is 32.3. The molecule has 142 valence electrons. The fraction of sp³-hybridized carbons (Fsp3) is 0.538. The molecule has 1 saturated heterocycles. The van der Waals surface area contributed by atoms with Crippen molar-refractivity contribution in [3.05, 3.63) is 30.3 Å². The van der Waals surface area contributed by atoms with Crippen LogP contribution >= 0.6 is 30.6 Å². The Morgan fingerprint density at radius 2 is 1.00 bits per heavy atom. The van der Waals surface area contributed by atoms with E-state index in [4.69, 9.17) is 20.6 Å². The number of hydrogen-bond donors (Lipinski definition) is 0. The lowest BCUT2D eigenvalue weighted by atomic mass is 10.4. The number of benzene rings is 1. The molecule has 1 fully saturated rings. The molecule has 0 radical (unpaired) electrons. The van der Waals surface area contributed by atoms with Crippen molar-refractivity contribution in [3.63, 3.8) is 0 Å². The largest absolute Gasteiger partial charge is 0.431 e. The molecule has 0 aliphatic carbocycles. The second-order valence-corrected chi connectivity index (χ2v) is 30.7. The average molecular weight is 563 g/mol. The van der Waals surface area contributed by atoms with Gasteiger partial charge in [-0.15, -0.1) is 0 Å². The zero-order chi connectivity index (χ0) is 19.1. The van der Waals surface area contributed by atoms with E-state index in [0.29, 0.717) is 0 Å². The molecule has 0 amide bonds. The van der Waals surface area contributed by atoms with Gasteiger partial charge in [0.25, 0.3) is 0 Å². The molecule has 1 aliphatic heterocycles. The van der Waals surface area contributed by atoms with Crippen LogP contribution in [0.25, 0.3) is 0 Å². The highest BCUT2D eigenvalue weighted by atomic mass is 79.9. The van der Waals surface area contributed by atoms with Crippen molar-refractivity contribution in [2.75, 3.05) is 0 Å². The van der Waals surface area contributed by atoms with Gasteiger partial charge < -0.3 is 20.6 Å². The molecule has 25 heavy (non-hydrogen) atoms. The summed E-state index contributed by atoms with van der Waals surface area (Å²) in [5, 5.41) is 1.02. The maximum absolute atomic E-state index is 6.59. The van der Waals surface area contributed by atoms with Crippen molar-refractivity contribution in [3.8, 4) is 0 Å². The minimum atomic E-state index is -2.89. The quantitative estimate of drug-likeness (QED) is 0.376. The highest BCUT2D eigenvalue weighted by Crippen LogP contribution is 2.34. The zero-order valence-electron chi connectivity index (χ0n) is 15.7. The fourth-order valence-corrected chi connectivity index (χ4v) is 38.8. The summed E-state index contributed by atoms with van der Waals surface area (Å²) in [5.41, 5.74) is 0. The van der Waals surface area contributed by atoms with E-state index in [1.807, 2.05) is 76.2 Å². The summed E-state index contributed by atoms with van der Waals surface area (Å²) in [6, 6.07) is 10.0. The van der Waals surface area contributed by atoms with E-state index in [2.05, 4.69) is 30.6 Å². The third kappa shape index (κ3) is 6.57. The average Bonchev–Trinajstić information content (AvgIpc) is 2.32. The van der Waals surface area contributed by atoms with E-state index in [1.165, 1.54) is 0 Å². The smallest absolute Gasteiger partial charge is 0.416 e. The van der Waals surface area contributed by atoms with Crippen LogP contribution < -0.4 is 5.19 Å². The molecule has 0 spiro atoms. The van der Waals surface area contributed by atoms with E-state index in [9.17, 15) is 0 Å². The van der Waals surface area contributed by atoms with Gasteiger partial charge in [-0.25, -0.2) is 0 Å². The van der Waals surface area contributed by atoms with Gasteiger partial charge in [-0.3, -0.25) is 0 Å². The summed E-state index contributed by atoms with van der Waals surface area (Å²) >= 11 is 7.55. The van der Waals surface area contributed by atoms with Crippen molar-refractivity contribution >= 4 is 75.8 Å². The van der Waals surface area contributed by atoms with E-state index in [-0.39, 0.29) is 0 Å². The van der Waals surface area contributed by atoms with Crippen LogP contribution in [0.4, 0.5) is 0 Å². The van der Waals surface area contributed by atoms with Crippen molar-refractivity contribution in [2.45, 2.75) is 45.8 Å². The van der Waals surface area contributed by atoms with Gasteiger partial charge in [-0.05, 0) is 45.8 Å². The molecule has 0 saturated carbocycles. The molecule has 1 aromatic carbocycles. The molecule has 2 atom stereocenters. The van der Waals surface area contributed by atoms with E-state index in [1.54, 1.807) is 0 Å². The van der Waals surface area contributed by atoms with E-state index in [0.717, 1.165) is 5.19 Å². The zero-order valence-corrected chi connectivity index (χ0v) is 23.9. The first-order valence-electron chi connectivity index (χ1n) is 8.08. The molecule has 0 aromatic heterocycles. The first-order valence-corrected chi connectivity index (χ1v) is 25.2. The maximum atomic E-state index is 6.59. The van der Waals surface area contributed by atoms with E-state index >= 15 is 0 Å². The highest BCUT2D eigenvalue weighted by molar-refractivity contribution is 9.26. The van der Waals surface area contributed by atoms with E-state index < -0.39 is 40.0 Å². The Morgan fingerprint density at radius 1 is 0.600 bits per heavy atom. The van der Waals surface area contributed by atoms with Crippen LogP contribution in [0.2, 0.25) is 45.8 Å². The lowest BCUT2D eigenvalue weighted by molar-refractivity contribution is 0.257. The Labute approximate surface area is 171 Å². The molecule has 2 unspecified atom stereocenters. The van der Waals surface area contributed by atoms with Gasteiger partial charge in [0.2, 0.25) is 0 Å². The summed E-state index contributed by atoms with van der Waals surface area (Å²) in [6.07, 6.45) is 0. The Morgan fingerprint density at radius 3 is 1.48 bits per heavy atom. The molecule has 2 rings (SSSR count). The Balaban J connectivity index is 2.51. The van der Waals surface area contributed by atoms with Crippen LogP contribution in [-0.2, 0) is 20.6 Å². The van der Waals surface area contributed by atoms with Gasteiger partial charge in [0, 0.05) is 5.19 Å². The summed E-state index contributed by atoms with van der Waals surface area (Å²) in [4.78, 5) is 0. The van der Waals surface area contributed by atoms with Crippen LogP contribution in [0.15, 0.2) is 30.3 Å². The Bertz CT molecular complexity index is 584. The molecule has 5 nitrogen and oxygen atoms in total. The van der Waals surface area contributed by atoms with Crippen LogP contribution in [0.5, 0.6) is 0 Å². The van der Waals surface area contributed by atoms with Crippen molar-refractivity contribution in [1.29, 1.82) is 0 Å². The third-order valence-corrected chi connectivity index (χ3v) is 28.3. The second-order valence-electron chi connectivity index (χ2n) is 7.45. The fourth-order valence-electron chi connectivity index (χ4n) is 2.96. The van der Waals surface area contributed by atoms with Gasteiger partial charge in [0.05, 0.1) is 0 Å². The lowest BCUT2D eigenvalue weighted by Crippen LogP contribution is -2.66. The van der Waals surface area contributed by atoms with Crippen LogP contribution in [-0.4, -0.2) is 40.0 Å². The standard InChI is InChI=1S/C13H26Br2O5Si5/c1-21(2)16-22(3,4)19-25(15,13-11-9-8-10-12-13)20-23(5,6)18-24(7,14)17-21/h8-12H,1-7H3. The predicted molar refractivity (Wildman–Crippen MR) is 119 cm³/mol. The molecular formula is C13H26Br2O5Si5. The van der Waals surface area contributed by atoms with Gasteiger partial charge in [0.1, 0.15) is 0 Å². The third-order valence-electron chi connectivity index (χ3n) is 3.22. The van der Waals surface area contributed by atoms with Crippen LogP contribution in [0.1, 0.15) is 0 Å². The molecule has 1 aliphatic rings. The Hall–Kier alpha value is 1.06. The first kappa shape index (κ1) is 22.4. The normalized spacial score (nSPS) is 35.1. The first-order chi connectivity index (χ1) is 11.1. The monoisotopic (exact) mass is 560 g/mol. The number of rotatable bonds is 1. The molecule has 1 heterocycles. The minimum Gasteiger partial charge on any atom is -0.416 e. The van der Waals surface area contributed by atoms with Gasteiger partial charge >= 0.3 is 40.0 Å². The highest BCUT2D eigenvalue weighted by Gasteiger charge is 2.55. The molecule has 1 aromatic rings. The number of hydrogen-bond acceptors (Lipinski definition) is 5. The Kier molecular flexibility index (Phi) is 6.68. The van der Waals surface area contributed by atoms with Crippen molar-refractivity contribution in [1.82, 2.24) is 0 Å². The van der Waals surface area contributed by atoms with Crippen LogP contribution in [0, 0.1) is 0 Å². The SMILES string of the molecule is C[Si]1(C)O[Si](C)(C)O[Si](Br)(c2ccccc2)O[Si](C)(C)O[Si](C)(Br)O1.